The van der Waals surface area contributed by atoms with Crippen molar-refractivity contribution >= 4 is 11.9 Å². The molecule has 0 aromatic heterocycles. The van der Waals surface area contributed by atoms with Crippen molar-refractivity contribution in [2.75, 3.05) is 13.2 Å². The third-order valence-electron chi connectivity index (χ3n) is 13.3. The molecule has 6 heteroatoms. The molecule has 2 unspecified atom stereocenters. The molecule has 2 atom stereocenters. The van der Waals surface area contributed by atoms with Crippen LogP contribution in [0, 0.1) is 0 Å². The third kappa shape index (κ3) is 49.9. The Morgan fingerprint density at radius 1 is 0.429 bits per heavy atom. The lowest BCUT2D eigenvalue weighted by Crippen LogP contribution is -2.45. The van der Waals surface area contributed by atoms with Gasteiger partial charge in [-0.3, -0.25) is 9.59 Å². The van der Waals surface area contributed by atoms with E-state index in [1.165, 1.54) is 225 Å². The largest absolute Gasteiger partial charge is 0.466 e. The number of hydrogen-bond acceptors (Lipinski definition) is 5. The summed E-state index contributed by atoms with van der Waals surface area (Å²) < 4.78 is 5.48. The van der Waals surface area contributed by atoms with Crippen molar-refractivity contribution in [2.45, 2.75) is 328 Å². The van der Waals surface area contributed by atoms with Crippen molar-refractivity contribution < 1.29 is 24.5 Å². The molecular weight excluding hydrogens is 779 g/mol. The van der Waals surface area contributed by atoms with E-state index in [4.69, 9.17) is 4.74 Å². The van der Waals surface area contributed by atoms with Gasteiger partial charge in [0, 0.05) is 12.8 Å². The van der Waals surface area contributed by atoms with Crippen molar-refractivity contribution in [3.05, 3.63) is 12.2 Å². The SMILES string of the molecule is CCCCCCCC/C=C\CCCCCCCCCCCC(=O)OCCCCCCCCCCCCCC(=O)NC(CO)C(O)CCCCCCCCCCCCCCCCCC. The number of amides is 1. The van der Waals surface area contributed by atoms with Crippen LogP contribution in [0.5, 0.6) is 0 Å². The van der Waals surface area contributed by atoms with Crippen molar-refractivity contribution in [3.8, 4) is 0 Å². The highest BCUT2D eigenvalue weighted by Crippen LogP contribution is 2.17. The summed E-state index contributed by atoms with van der Waals surface area (Å²) >= 11 is 0. The number of rotatable bonds is 53. The minimum absolute atomic E-state index is 0.0132. The van der Waals surface area contributed by atoms with E-state index in [1.54, 1.807) is 0 Å². The summed E-state index contributed by atoms with van der Waals surface area (Å²) in [6, 6.07) is -0.555. The summed E-state index contributed by atoms with van der Waals surface area (Å²) in [5, 5.41) is 23.3. The molecule has 0 aromatic rings. The van der Waals surface area contributed by atoms with Crippen LogP contribution >= 0.6 is 0 Å². The summed E-state index contributed by atoms with van der Waals surface area (Å²) in [6.07, 6.45) is 61.9. The van der Waals surface area contributed by atoms with Gasteiger partial charge in [-0.1, -0.05) is 264 Å². The Hall–Kier alpha value is -1.40. The molecule has 0 saturated carbocycles. The first-order valence-corrected chi connectivity index (χ1v) is 28.4. The third-order valence-corrected chi connectivity index (χ3v) is 13.3. The fourth-order valence-electron chi connectivity index (χ4n) is 8.93. The quantitative estimate of drug-likeness (QED) is 0.0321. The van der Waals surface area contributed by atoms with Crippen LogP contribution in [0.4, 0.5) is 0 Å². The molecule has 0 fully saturated rings. The minimum atomic E-state index is -0.676. The predicted octanol–water partition coefficient (Wildman–Crippen LogP) is 17.3. The van der Waals surface area contributed by atoms with Crippen LogP contribution in [0.25, 0.3) is 0 Å². The van der Waals surface area contributed by atoms with Crippen molar-refractivity contribution in [1.82, 2.24) is 5.32 Å². The number of esters is 1. The maximum atomic E-state index is 12.5. The number of carbonyl (C=O) groups excluding carboxylic acids is 2. The van der Waals surface area contributed by atoms with Crippen LogP contribution in [0.2, 0.25) is 0 Å². The number of aliphatic hydroxyl groups is 2. The normalized spacial score (nSPS) is 12.6. The maximum absolute atomic E-state index is 12.5. The molecule has 374 valence electrons. The fraction of sp³-hybridized carbons (Fsp3) is 0.930. The van der Waals surface area contributed by atoms with Gasteiger partial charge in [0.1, 0.15) is 0 Å². The van der Waals surface area contributed by atoms with Gasteiger partial charge in [0.15, 0.2) is 0 Å². The van der Waals surface area contributed by atoms with Crippen LogP contribution < -0.4 is 5.32 Å². The number of carbonyl (C=O) groups is 2. The van der Waals surface area contributed by atoms with Crippen LogP contribution in [-0.2, 0) is 14.3 Å². The Kier molecular flexibility index (Phi) is 52.0. The van der Waals surface area contributed by atoms with Gasteiger partial charge in [0.25, 0.3) is 0 Å². The molecule has 0 rings (SSSR count). The monoisotopic (exact) mass is 890 g/mol. The standard InChI is InChI=1S/C57H111NO5/c1-3-5-7-9-11-13-15-17-19-21-22-23-25-27-31-35-39-43-47-51-57(62)63-52-48-44-40-36-32-28-30-34-38-42-46-50-56(61)58-54(53-59)55(60)49-45-41-37-33-29-26-24-20-18-16-14-12-10-8-6-4-2/h17,19,54-55,59-60H,3-16,18,20-53H2,1-2H3,(H,58,61)/b19-17-. The minimum Gasteiger partial charge on any atom is -0.466 e. The van der Waals surface area contributed by atoms with E-state index in [-0.39, 0.29) is 18.5 Å². The number of allylic oxidation sites excluding steroid dienone is 2. The van der Waals surface area contributed by atoms with Crippen molar-refractivity contribution in [1.29, 1.82) is 0 Å². The molecule has 0 heterocycles. The number of ether oxygens (including phenoxy) is 1. The lowest BCUT2D eigenvalue weighted by molar-refractivity contribution is -0.143. The number of unbranched alkanes of at least 4 members (excludes halogenated alkanes) is 40. The van der Waals surface area contributed by atoms with Gasteiger partial charge in [-0.25, -0.2) is 0 Å². The van der Waals surface area contributed by atoms with Gasteiger partial charge in [-0.05, 0) is 51.4 Å². The Bertz CT molecular complexity index is 939. The Labute approximate surface area is 393 Å². The topological polar surface area (TPSA) is 95.9 Å². The van der Waals surface area contributed by atoms with Gasteiger partial charge in [-0.2, -0.15) is 0 Å². The van der Waals surface area contributed by atoms with E-state index < -0.39 is 12.1 Å². The highest BCUT2D eigenvalue weighted by Gasteiger charge is 2.20. The molecule has 3 N–H and O–H groups in total. The number of hydrogen-bond donors (Lipinski definition) is 3. The van der Waals surface area contributed by atoms with Gasteiger partial charge in [0.05, 0.1) is 25.4 Å². The second-order valence-corrected chi connectivity index (χ2v) is 19.6. The van der Waals surface area contributed by atoms with Gasteiger partial charge in [0.2, 0.25) is 5.91 Å². The highest BCUT2D eigenvalue weighted by atomic mass is 16.5. The molecule has 1 amide bonds. The van der Waals surface area contributed by atoms with Gasteiger partial charge >= 0.3 is 5.97 Å². The van der Waals surface area contributed by atoms with Crippen molar-refractivity contribution in [3.63, 3.8) is 0 Å². The van der Waals surface area contributed by atoms with E-state index >= 15 is 0 Å². The molecule has 0 aliphatic heterocycles. The number of aliphatic hydroxyl groups excluding tert-OH is 2. The van der Waals surface area contributed by atoms with E-state index in [1.807, 2.05) is 0 Å². The zero-order valence-corrected chi connectivity index (χ0v) is 42.6. The van der Waals surface area contributed by atoms with E-state index in [2.05, 4.69) is 31.3 Å². The van der Waals surface area contributed by atoms with Crippen molar-refractivity contribution in [2.24, 2.45) is 0 Å². The Morgan fingerprint density at radius 3 is 1.13 bits per heavy atom. The summed E-state index contributed by atoms with van der Waals surface area (Å²) in [5.74, 6) is -0.0647. The molecule has 0 aliphatic carbocycles. The summed E-state index contributed by atoms with van der Waals surface area (Å²) in [7, 11) is 0. The zero-order valence-electron chi connectivity index (χ0n) is 42.6. The molecule has 63 heavy (non-hydrogen) atoms. The van der Waals surface area contributed by atoms with E-state index in [0.717, 1.165) is 57.8 Å². The first-order valence-electron chi connectivity index (χ1n) is 28.4. The van der Waals surface area contributed by atoms with E-state index in [0.29, 0.717) is 25.9 Å². The number of nitrogens with one attached hydrogen (secondary N) is 1. The molecule has 0 bridgehead atoms. The first kappa shape index (κ1) is 61.6. The molecule has 6 nitrogen and oxygen atoms in total. The van der Waals surface area contributed by atoms with Gasteiger partial charge < -0.3 is 20.3 Å². The molecular formula is C57H111NO5. The highest BCUT2D eigenvalue weighted by molar-refractivity contribution is 5.76. The van der Waals surface area contributed by atoms with Crippen LogP contribution in [0.1, 0.15) is 316 Å². The molecule has 0 saturated heterocycles. The second-order valence-electron chi connectivity index (χ2n) is 19.6. The fourth-order valence-corrected chi connectivity index (χ4v) is 8.93. The Balaban J connectivity index is 3.44. The van der Waals surface area contributed by atoms with Crippen LogP contribution in [0.15, 0.2) is 12.2 Å². The smallest absolute Gasteiger partial charge is 0.305 e. The summed E-state index contributed by atoms with van der Waals surface area (Å²) in [5.41, 5.74) is 0. The predicted molar refractivity (Wildman–Crippen MR) is 273 cm³/mol. The molecule has 0 aromatic carbocycles. The summed E-state index contributed by atoms with van der Waals surface area (Å²) in [6.45, 7) is 4.93. The molecule has 0 radical (unpaired) electrons. The molecule has 0 aliphatic rings. The zero-order chi connectivity index (χ0) is 45.8. The average Bonchev–Trinajstić information content (AvgIpc) is 3.28. The summed E-state index contributed by atoms with van der Waals surface area (Å²) in [4.78, 5) is 24.6. The lowest BCUT2D eigenvalue weighted by Gasteiger charge is -2.22. The molecule has 0 spiro atoms. The Morgan fingerprint density at radius 2 is 0.746 bits per heavy atom. The van der Waals surface area contributed by atoms with Gasteiger partial charge in [-0.15, -0.1) is 0 Å². The van der Waals surface area contributed by atoms with Crippen LogP contribution in [0.3, 0.4) is 0 Å². The maximum Gasteiger partial charge on any atom is 0.305 e. The second kappa shape index (κ2) is 53.2. The van der Waals surface area contributed by atoms with Crippen LogP contribution in [-0.4, -0.2) is 47.4 Å². The average molecular weight is 891 g/mol. The lowest BCUT2D eigenvalue weighted by atomic mass is 10.0. The first-order chi connectivity index (χ1) is 31.0. The van der Waals surface area contributed by atoms with E-state index in [9.17, 15) is 19.8 Å².